The molecule has 0 amide bonds. The van der Waals surface area contributed by atoms with Crippen molar-refractivity contribution < 1.29 is 4.39 Å². The van der Waals surface area contributed by atoms with Gasteiger partial charge in [0.1, 0.15) is 5.82 Å². The Morgan fingerprint density at radius 1 is 0.950 bits per heavy atom. The van der Waals surface area contributed by atoms with Crippen LogP contribution in [-0.2, 0) is 12.8 Å². The normalized spacial score (nSPS) is 15.2. The Kier molecular flexibility index (Phi) is 3.68. The minimum Gasteiger partial charge on any atom is -0.358 e. The van der Waals surface area contributed by atoms with Crippen molar-refractivity contribution in [3.8, 4) is 11.3 Å². The molecule has 0 aliphatic heterocycles. The van der Waals surface area contributed by atoms with Gasteiger partial charge >= 0.3 is 0 Å². The highest BCUT2D eigenvalue weighted by Gasteiger charge is 2.12. The molecule has 0 saturated carbocycles. The number of fused-ring (bicyclic) bond motifs is 1. The summed E-state index contributed by atoms with van der Waals surface area (Å²) in [5, 5.41) is 0. The Balaban J connectivity index is 2.05. The van der Waals surface area contributed by atoms with Crippen molar-refractivity contribution >= 4 is 0 Å². The Morgan fingerprint density at radius 2 is 1.65 bits per heavy atom. The monoisotopic (exact) mass is 271 g/mol. The van der Waals surface area contributed by atoms with Crippen LogP contribution >= 0.6 is 0 Å². The van der Waals surface area contributed by atoms with Crippen LogP contribution in [0.1, 0.15) is 36.9 Å². The number of benzene rings is 1. The number of halogens is 1. The minimum atomic E-state index is -0.262. The first-order chi connectivity index (χ1) is 9.74. The van der Waals surface area contributed by atoms with Crippen LogP contribution in [0, 0.1) is 5.82 Å². The van der Waals surface area contributed by atoms with E-state index in [1.807, 2.05) is 0 Å². The van der Waals surface area contributed by atoms with E-state index in [9.17, 15) is 9.18 Å². The number of hydrogen-bond donors (Lipinski definition) is 1. The second kappa shape index (κ2) is 5.61. The first kappa shape index (κ1) is 13.1. The van der Waals surface area contributed by atoms with Crippen LogP contribution < -0.4 is 5.43 Å². The van der Waals surface area contributed by atoms with Crippen LogP contribution in [0.3, 0.4) is 0 Å². The number of H-pyrrole nitrogens is 1. The molecule has 1 aliphatic rings. The lowest BCUT2D eigenvalue weighted by Crippen LogP contribution is -2.16. The number of hydrogen-bond acceptors (Lipinski definition) is 1. The third-order valence-electron chi connectivity index (χ3n) is 3.98. The molecule has 0 unspecified atom stereocenters. The van der Waals surface area contributed by atoms with Gasteiger partial charge in [0, 0.05) is 23.0 Å². The first-order valence-electron chi connectivity index (χ1n) is 7.25. The molecule has 1 aromatic heterocycles. The van der Waals surface area contributed by atoms with Gasteiger partial charge in [-0.05, 0) is 55.5 Å². The van der Waals surface area contributed by atoms with Crippen molar-refractivity contribution in [2.75, 3.05) is 0 Å². The van der Waals surface area contributed by atoms with Crippen molar-refractivity contribution in [1.29, 1.82) is 0 Å². The van der Waals surface area contributed by atoms with E-state index in [4.69, 9.17) is 0 Å². The molecule has 2 nitrogen and oxygen atoms in total. The molecule has 104 valence electrons. The molecular formula is C17H18FNO. The van der Waals surface area contributed by atoms with Gasteiger partial charge < -0.3 is 4.98 Å². The second-order valence-electron chi connectivity index (χ2n) is 5.43. The lowest BCUT2D eigenvalue weighted by molar-refractivity contribution is 0.607. The molecule has 0 atom stereocenters. The molecule has 0 fully saturated rings. The fourth-order valence-electron chi connectivity index (χ4n) is 2.87. The molecule has 1 heterocycles. The average molecular weight is 271 g/mol. The van der Waals surface area contributed by atoms with E-state index >= 15 is 0 Å². The van der Waals surface area contributed by atoms with Crippen molar-refractivity contribution in [3.63, 3.8) is 0 Å². The number of aromatic amines is 1. The van der Waals surface area contributed by atoms with E-state index in [2.05, 4.69) is 4.98 Å². The summed E-state index contributed by atoms with van der Waals surface area (Å²) in [6, 6.07) is 7.90. The zero-order chi connectivity index (χ0) is 13.9. The maximum absolute atomic E-state index is 13.0. The zero-order valence-electron chi connectivity index (χ0n) is 11.4. The molecule has 0 saturated heterocycles. The van der Waals surface area contributed by atoms with Gasteiger partial charge in [0.2, 0.25) is 0 Å². The van der Waals surface area contributed by atoms with E-state index in [0.29, 0.717) is 0 Å². The quantitative estimate of drug-likeness (QED) is 0.839. The van der Waals surface area contributed by atoms with Crippen molar-refractivity contribution in [2.24, 2.45) is 0 Å². The molecule has 0 bridgehead atoms. The van der Waals surface area contributed by atoms with Gasteiger partial charge in [-0.3, -0.25) is 4.79 Å². The predicted molar refractivity (Wildman–Crippen MR) is 78.3 cm³/mol. The molecule has 1 N–H and O–H groups in total. The third-order valence-corrected chi connectivity index (χ3v) is 3.98. The highest BCUT2D eigenvalue weighted by molar-refractivity contribution is 5.59. The SMILES string of the molecule is O=c1cc(-c2ccc(F)cc2)[nH]c2c1CCCCCC2. The molecule has 3 heteroatoms. The average Bonchev–Trinajstić information content (AvgIpc) is 2.41. The Hall–Kier alpha value is -1.90. The van der Waals surface area contributed by atoms with E-state index in [-0.39, 0.29) is 11.2 Å². The highest BCUT2D eigenvalue weighted by Crippen LogP contribution is 2.21. The topological polar surface area (TPSA) is 32.9 Å². The van der Waals surface area contributed by atoms with E-state index < -0.39 is 0 Å². The Morgan fingerprint density at radius 3 is 2.40 bits per heavy atom. The van der Waals surface area contributed by atoms with Crippen LogP contribution in [0.15, 0.2) is 35.1 Å². The van der Waals surface area contributed by atoms with E-state index in [1.54, 1.807) is 18.2 Å². The van der Waals surface area contributed by atoms with Gasteiger partial charge in [-0.2, -0.15) is 0 Å². The summed E-state index contributed by atoms with van der Waals surface area (Å²) < 4.78 is 13.0. The maximum atomic E-state index is 13.0. The predicted octanol–water partition coefficient (Wildman–Crippen LogP) is 3.84. The number of aryl methyl sites for hydroxylation is 1. The van der Waals surface area contributed by atoms with Crippen LogP contribution in [0.4, 0.5) is 4.39 Å². The molecule has 0 spiro atoms. The van der Waals surface area contributed by atoms with Gasteiger partial charge in [-0.25, -0.2) is 4.39 Å². The lowest BCUT2D eigenvalue weighted by Gasteiger charge is -2.14. The minimum absolute atomic E-state index is 0.111. The largest absolute Gasteiger partial charge is 0.358 e. The molecular weight excluding hydrogens is 253 g/mol. The number of nitrogens with one attached hydrogen (secondary N) is 1. The Labute approximate surface area is 117 Å². The number of rotatable bonds is 1. The van der Waals surface area contributed by atoms with Crippen molar-refractivity contribution in [2.45, 2.75) is 38.5 Å². The third kappa shape index (κ3) is 2.67. The number of aromatic nitrogens is 1. The van der Waals surface area contributed by atoms with Crippen LogP contribution in [-0.4, -0.2) is 4.98 Å². The van der Waals surface area contributed by atoms with Gasteiger partial charge in [0.15, 0.2) is 5.43 Å². The highest BCUT2D eigenvalue weighted by atomic mass is 19.1. The molecule has 2 aromatic rings. The molecule has 1 aliphatic carbocycles. The van der Waals surface area contributed by atoms with Gasteiger partial charge in [0.25, 0.3) is 0 Å². The lowest BCUT2D eigenvalue weighted by atomic mass is 9.96. The summed E-state index contributed by atoms with van der Waals surface area (Å²) in [6.07, 6.45) is 6.44. The van der Waals surface area contributed by atoms with Crippen molar-refractivity contribution in [1.82, 2.24) is 4.98 Å². The Bertz CT molecular complexity index is 658. The summed E-state index contributed by atoms with van der Waals surface area (Å²) in [5.74, 6) is -0.262. The van der Waals surface area contributed by atoms with Gasteiger partial charge in [-0.1, -0.05) is 12.8 Å². The molecule has 20 heavy (non-hydrogen) atoms. The van der Waals surface area contributed by atoms with E-state index in [0.717, 1.165) is 48.2 Å². The van der Waals surface area contributed by atoms with Crippen LogP contribution in [0.5, 0.6) is 0 Å². The van der Waals surface area contributed by atoms with Crippen molar-refractivity contribution in [3.05, 3.63) is 57.6 Å². The zero-order valence-corrected chi connectivity index (χ0v) is 11.4. The number of pyridine rings is 1. The molecule has 1 aromatic carbocycles. The van der Waals surface area contributed by atoms with Crippen LogP contribution in [0.25, 0.3) is 11.3 Å². The standard InChI is InChI=1S/C17H18FNO/c18-13-9-7-12(8-10-13)16-11-17(20)14-5-3-1-2-4-6-15(14)19-16/h7-11H,1-6H2,(H,19,20). The van der Waals surface area contributed by atoms with Gasteiger partial charge in [-0.15, -0.1) is 0 Å². The maximum Gasteiger partial charge on any atom is 0.185 e. The molecule has 3 rings (SSSR count). The van der Waals surface area contributed by atoms with Crippen LogP contribution in [0.2, 0.25) is 0 Å². The van der Waals surface area contributed by atoms with E-state index in [1.165, 1.54) is 25.0 Å². The summed E-state index contributed by atoms with van der Waals surface area (Å²) in [5.41, 5.74) is 3.76. The summed E-state index contributed by atoms with van der Waals surface area (Å²) in [6.45, 7) is 0. The summed E-state index contributed by atoms with van der Waals surface area (Å²) >= 11 is 0. The fourth-order valence-corrected chi connectivity index (χ4v) is 2.87. The van der Waals surface area contributed by atoms with Gasteiger partial charge in [0.05, 0.1) is 0 Å². The first-order valence-corrected chi connectivity index (χ1v) is 7.25. The second-order valence-corrected chi connectivity index (χ2v) is 5.43. The molecule has 0 radical (unpaired) electrons. The fraction of sp³-hybridized carbons (Fsp3) is 0.353. The smallest absolute Gasteiger partial charge is 0.185 e. The summed E-state index contributed by atoms with van der Waals surface area (Å²) in [7, 11) is 0. The summed E-state index contributed by atoms with van der Waals surface area (Å²) in [4.78, 5) is 15.7.